The number of carbonyl (C=O) groups excluding carboxylic acids is 1. The molecular formula is C19H17N3O6. The molecule has 0 aliphatic carbocycles. The minimum absolute atomic E-state index is 0.0395. The summed E-state index contributed by atoms with van der Waals surface area (Å²) in [4.78, 5) is 22.5. The van der Waals surface area contributed by atoms with Gasteiger partial charge in [0.05, 0.1) is 17.1 Å². The van der Waals surface area contributed by atoms with Crippen molar-refractivity contribution in [3.8, 4) is 11.5 Å². The van der Waals surface area contributed by atoms with Gasteiger partial charge in [0.25, 0.3) is 11.6 Å². The largest absolute Gasteiger partial charge is 0.449 e. The lowest BCUT2D eigenvalue weighted by molar-refractivity contribution is -0.384. The van der Waals surface area contributed by atoms with Gasteiger partial charge in [-0.15, -0.1) is 10.2 Å². The monoisotopic (exact) mass is 383 g/mol. The Morgan fingerprint density at radius 3 is 2.43 bits per heavy atom. The van der Waals surface area contributed by atoms with Gasteiger partial charge in [-0.1, -0.05) is 12.1 Å². The van der Waals surface area contributed by atoms with E-state index in [1.54, 1.807) is 38.3 Å². The van der Waals surface area contributed by atoms with Gasteiger partial charge in [-0.2, -0.15) is 0 Å². The number of hydrogen-bond donors (Lipinski definition) is 0. The zero-order valence-corrected chi connectivity index (χ0v) is 15.2. The van der Waals surface area contributed by atoms with Gasteiger partial charge in [-0.3, -0.25) is 10.1 Å². The Labute approximate surface area is 160 Å². The highest BCUT2D eigenvalue weighted by molar-refractivity contribution is 5.89. The fourth-order valence-electron chi connectivity index (χ4n) is 2.42. The number of rotatable bonds is 7. The Morgan fingerprint density at radius 1 is 1.14 bits per heavy atom. The summed E-state index contributed by atoms with van der Waals surface area (Å²) in [6.07, 6.45) is -0.759. The van der Waals surface area contributed by atoms with Crippen LogP contribution in [-0.2, 0) is 16.1 Å². The first-order valence-electron chi connectivity index (χ1n) is 8.35. The summed E-state index contributed by atoms with van der Waals surface area (Å²) in [5, 5.41) is 18.5. The molecule has 0 saturated heterocycles. The molecule has 1 heterocycles. The molecule has 0 fully saturated rings. The summed E-state index contributed by atoms with van der Waals surface area (Å²) in [7, 11) is 1.60. The number of nitrogens with zero attached hydrogens (tertiary/aromatic N) is 3. The lowest BCUT2D eigenvalue weighted by Crippen LogP contribution is -2.09. The van der Waals surface area contributed by atoms with Gasteiger partial charge >= 0.3 is 5.97 Å². The first-order valence-corrected chi connectivity index (χ1v) is 8.35. The number of nitro groups is 1. The maximum absolute atomic E-state index is 12.3. The zero-order valence-electron chi connectivity index (χ0n) is 15.2. The average Bonchev–Trinajstić information content (AvgIpc) is 3.19. The van der Waals surface area contributed by atoms with Gasteiger partial charge in [0.15, 0.2) is 6.10 Å². The van der Waals surface area contributed by atoms with Gasteiger partial charge in [0, 0.05) is 24.8 Å². The van der Waals surface area contributed by atoms with E-state index in [9.17, 15) is 14.9 Å². The third kappa shape index (κ3) is 4.38. The standard InChI is InChI=1S/C19H17N3O6/c1-12(27-19(23)15-5-3-13(4-6-15)11-26-2)17-20-21-18(28-17)14-7-9-16(10-8-14)22(24)25/h3-10,12H,11H2,1-2H3/t12-/m1/s1. The lowest BCUT2D eigenvalue weighted by Gasteiger charge is -2.09. The maximum Gasteiger partial charge on any atom is 0.338 e. The first-order chi connectivity index (χ1) is 13.5. The van der Waals surface area contributed by atoms with Crippen molar-refractivity contribution in [3.63, 3.8) is 0 Å². The molecule has 0 radical (unpaired) electrons. The molecule has 2 aromatic carbocycles. The van der Waals surface area contributed by atoms with E-state index in [1.165, 1.54) is 24.3 Å². The van der Waals surface area contributed by atoms with Gasteiger partial charge < -0.3 is 13.9 Å². The first kappa shape index (κ1) is 19.2. The van der Waals surface area contributed by atoms with Crippen LogP contribution in [0.1, 0.15) is 34.8 Å². The molecule has 0 N–H and O–H groups in total. The van der Waals surface area contributed by atoms with E-state index in [1.807, 2.05) is 0 Å². The van der Waals surface area contributed by atoms with Crippen molar-refractivity contribution in [2.24, 2.45) is 0 Å². The van der Waals surface area contributed by atoms with E-state index >= 15 is 0 Å². The number of non-ortho nitro benzene ring substituents is 1. The van der Waals surface area contributed by atoms with Crippen LogP contribution in [0.3, 0.4) is 0 Å². The fourth-order valence-corrected chi connectivity index (χ4v) is 2.42. The Hall–Kier alpha value is -3.59. The highest BCUT2D eigenvalue weighted by Gasteiger charge is 2.20. The number of carbonyl (C=O) groups is 1. The van der Waals surface area contributed by atoms with Crippen LogP contribution >= 0.6 is 0 Å². The summed E-state index contributed by atoms with van der Waals surface area (Å²) >= 11 is 0. The van der Waals surface area contributed by atoms with Crippen molar-refractivity contribution >= 4 is 11.7 Å². The highest BCUT2D eigenvalue weighted by atomic mass is 16.6. The van der Waals surface area contributed by atoms with E-state index in [0.29, 0.717) is 17.7 Å². The van der Waals surface area contributed by atoms with Gasteiger partial charge in [-0.05, 0) is 36.8 Å². The van der Waals surface area contributed by atoms with Crippen LogP contribution in [0.2, 0.25) is 0 Å². The summed E-state index contributed by atoms with van der Waals surface area (Å²) in [6.45, 7) is 2.07. The Balaban J connectivity index is 1.67. The van der Waals surface area contributed by atoms with Crippen LogP contribution in [0, 0.1) is 10.1 Å². The third-order valence-electron chi connectivity index (χ3n) is 3.90. The van der Waals surface area contributed by atoms with Crippen LogP contribution in [0.15, 0.2) is 52.9 Å². The molecule has 0 spiro atoms. The second-order valence-electron chi connectivity index (χ2n) is 5.93. The van der Waals surface area contributed by atoms with E-state index in [2.05, 4.69) is 10.2 Å². The summed E-state index contributed by atoms with van der Waals surface area (Å²) < 4.78 is 15.9. The van der Waals surface area contributed by atoms with Crippen LogP contribution in [0.5, 0.6) is 0 Å². The molecule has 0 aliphatic heterocycles. The zero-order chi connectivity index (χ0) is 20.1. The topological polar surface area (TPSA) is 118 Å². The van der Waals surface area contributed by atoms with Crippen LogP contribution in [0.25, 0.3) is 11.5 Å². The SMILES string of the molecule is COCc1ccc(C(=O)O[C@H](C)c2nnc(-c3ccc([N+](=O)[O-])cc3)o2)cc1. The molecule has 1 aromatic heterocycles. The van der Waals surface area contributed by atoms with E-state index < -0.39 is 17.0 Å². The molecule has 0 amide bonds. The van der Waals surface area contributed by atoms with Gasteiger partial charge in [0.2, 0.25) is 5.89 Å². The number of ether oxygens (including phenoxy) is 2. The molecule has 0 unspecified atom stereocenters. The molecule has 3 rings (SSSR count). The van der Waals surface area contributed by atoms with Crippen molar-refractivity contribution in [2.75, 3.05) is 7.11 Å². The lowest BCUT2D eigenvalue weighted by atomic mass is 10.1. The van der Waals surface area contributed by atoms with Crippen molar-refractivity contribution in [3.05, 3.63) is 75.7 Å². The molecule has 28 heavy (non-hydrogen) atoms. The number of nitro benzene ring substituents is 1. The minimum atomic E-state index is -0.759. The van der Waals surface area contributed by atoms with Gasteiger partial charge in [0.1, 0.15) is 0 Å². The number of methoxy groups -OCH3 is 1. The average molecular weight is 383 g/mol. The highest BCUT2D eigenvalue weighted by Crippen LogP contribution is 2.24. The number of esters is 1. The Morgan fingerprint density at radius 2 is 1.82 bits per heavy atom. The molecule has 9 heteroatoms. The van der Waals surface area contributed by atoms with Crippen molar-refractivity contribution in [1.82, 2.24) is 10.2 Å². The minimum Gasteiger partial charge on any atom is -0.449 e. The molecule has 1 atom stereocenters. The van der Waals surface area contributed by atoms with E-state index in [-0.39, 0.29) is 17.5 Å². The smallest absolute Gasteiger partial charge is 0.338 e. The van der Waals surface area contributed by atoms with Gasteiger partial charge in [-0.25, -0.2) is 4.79 Å². The predicted octanol–water partition coefficient (Wildman–Crippen LogP) is 3.71. The number of aromatic nitrogens is 2. The van der Waals surface area contributed by atoms with Crippen LogP contribution in [-0.4, -0.2) is 28.2 Å². The fraction of sp³-hybridized carbons (Fsp3) is 0.211. The van der Waals surface area contributed by atoms with E-state index in [4.69, 9.17) is 13.9 Å². The summed E-state index contributed by atoms with van der Waals surface area (Å²) in [5.74, 6) is -0.221. The third-order valence-corrected chi connectivity index (χ3v) is 3.90. The number of hydrogen-bond acceptors (Lipinski definition) is 8. The van der Waals surface area contributed by atoms with Crippen molar-refractivity contribution < 1.29 is 23.6 Å². The second kappa shape index (κ2) is 8.40. The Kier molecular flexibility index (Phi) is 5.75. The van der Waals surface area contributed by atoms with Crippen LogP contribution < -0.4 is 0 Å². The Bertz CT molecular complexity index is 966. The normalized spacial score (nSPS) is 11.8. The molecule has 144 valence electrons. The maximum atomic E-state index is 12.3. The molecule has 0 saturated carbocycles. The molecule has 0 bridgehead atoms. The molecule has 9 nitrogen and oxygen atoms in total. The molecular weight excluding hydrogens is 366 g/mol. The summed E-state index contributed by atoms with van der Waals surface area (Å²) in [5.41, 5.74) is 1.82. The predicted molar refractivity (Wildman–Crippen MR) is 97.4 cm³/mol. The number of benzene rings is 2. The summed E-state index contributed by atoms with van der Waals surface area (Å²) in [6, 6.07) is 12.6. The van der Waals surface area contributed by atoms with Crippen molar-refractivity contribution in [1.29, 1.82) is 0 Å². The quantitative estimate of drug-likeness (QED) is 0.344. The van der Waals surface area contributed by atoms with E-state index in [0.717, 1.165) is 5.56 Å². The second-order valence-corrected chi connectivity index (χ2v) is 5.93. The molecule has 3 aromatic rings. The molecule has 0 aliphatic rings. The van der Waals surface area contributed by atoms with Crippen molar-refractivity contribution in [2.45, 2.75) is 19.6 Å². The van der Waals surface area contributed by atoms with Crippen LogP contribution in [0.4, 0.5) is 5.69 Å².